The highest BCUT2D eigenvalue weighted by atomic mass is 32.1. The van der Waals surface area contributed by atoms with Crippen molar-refractivity contribution in [3.63, 3.8) is 0 Å². The predicted octanol–water partition coefficient (Wildman–Crippen LogP) is 3.22. The molecule has 24 heavy (non-hydrogen) atoms. The molecule has 0 saturated heterocycles. The molecule has 3 aromatic heterocycles. The molecule has 0 aliphatic heterocycles. The maximum absolute atomic E-state index is 11.9. The van der Waals surface area contributed by atoms with Crippen molar-refractivity contribution in [1.29, 1.82) is 0 Å². The van der Waals surface area contributed by atoms with Gasteiger partial charge in [-0.25, -0.2) is 15.0 Å². The van der Waals surface area contributed by atoms with Gasteiger partial charge in [-0.2, -0.15) is 0 Å². The lowest BCUT2D eigenvalue weighted by molar-refractivity contribution is 0.399. The highest BCUT2D eigenvalue weighted by Gasteiger charge is 2.22. The van der Waals surface area contributed by atoms with Gasteiger partial charge in [-0.1, -0.05) is 13.3 Å². The Morgan fingerprint density at radius 2 is 2.21 bits per heavy atom. The van der Waals surface area contributed by atoms with Crippen LogP contribution in [0.5, 0.6) is 0 Å². The third-order valence-electron chi connectivity index (χ3n) is 4.43. The summed E-state index contributed by atoms with van der Waals surface area (Å²) in [7, 11) is 0. The first-order chi connectivity index (χ1) is 11.7. The van der Waals surface area contributed by atoms with Gasteiger partial charge in [0.05, 0.1) is 17.6 Å². The number of nitrogens with zero attached hydrogens (tertiary/aromatic N) is 3. The third-order valence-corrected chi connectivity index (χ3v) is 5.24. The molecule has 0 aromatic carbocycles. The molecule has 3 heterocycles. The van der Waals surface area contributed by atoms with Crippen LogP contribution in [0.25, 0.3) is 10.2 Å². The lowest BCUT2D eigenvalue weighted by atomic mass is 9.85. The second-order valence-corrected chi connectivity index (χ2v) is 6.98. The fraction of sp³-hybridized carbons (Fsp3) is 0.412. The van der Waals surface area contributed by atoms with Gasteiger partial charge in [0, 0.05) is 18.4 Å². The van der Waals surface area contributed by atoms with Crippen molar-refractivity contribution in [2.24, 2.45) is 0 Å². The van der Waals surface area contributed by atoms with Crippen LogP contribution < -0.4 is 10.9 Å². The zero-order chi connectivity index (χ0) is 16.5. The molecule has 4 rings (SSSR count). The first-order valence-corrected chi connectivity index (χ1v) is 9.19. The van der Waals surface area contributed by atoms with Crippen molar-refractivity contribution in [3.8, 4) is 0 Å². The smallest absolute Gasteiger partial charge is 0.251 e. The molecule has 0 unspecified atom stereocenters. The van der Waals surface area contributed by atoms with Gasteiger partial charge in [0.2, 0.25) is 0 Å². The summed E-state index contributed by atoms with van der Waals surface area (Å²) in [6, 6.07) is 3.58. The quantitative estimate of drug-likeness (QED) is 0.744. The van der Waals surface area contributed by atoms with Crippen LogP contribution in [0.4, 0.5) is 5.82 Å². The molecule has 0 spiro atoms. The molecule has 6 nitrogen and oxygen atoms in total. The van der Waals surface area contributed by atoms with E-state index in [1.807, 2.05) is 18.4 Å². The first kappa shape index (κ1) is 15.3. The van der Waals surface area contributed by atoms with Gasteiger partial charge in [-0.3, -0.25) is 4.79 Å². The average Bonchev–Trinajstić information content (AvgIpc) is 2.98. The van der Waals surface area contributed by atoms with Crippen molar-refractivity contribution >= 4 is 27.4 Å². The van der Waals surface area contributed by atoms with E-state index in [0.29, 0.717) is 12.5 Å². The first-order valence-electron chi connectivity index (χ1n) is 8.31. The SMILES string of the molecule is CCc1nc(NCc2cc(=O)[nH]c(C3CCC3)n2)c2ccsc2n1. The zero-order valence-electron chi connectivity index (χ0n) is 13.5. The Morgan fingerprint density at radius 3 is 2.96 bits per heavy atom. The highest BCUT2D eigenvalue weighted by Crippen LogP contribution is 2.33. The monoisotopic (exact) mass is 341 g/mol. The summed E-state index contributed by atoms with van der Waals surface area (Å²) in [6.45, 7) is 2.52. The number of thiophene rings is 1. The molecule has 1 aliphatic rings. The Bertz CT molecular complexity index is 928. The number of hydrogen-bond acceptors (Lipinski definition) is 6. The molecule has 0 atom stereocenters. The summed E-state index contributed by atoms with van der Waals surface area (Å²) in [5.41, 5.74) is 0.669. The van der Waals surface area contributed by atoms with Gasteiger partial charge in [-0.15, -0.1) is 11.3 Å². The molecular formula is C17H19N5OS. The van der Waals surface area contributed by atoms with Gasteiger partial charge in [0.1, 0.15) is 22.3 Å². The van der Waals surface area contributed by atoms with E-state index in [-0.39, 0.29) is 5.56 Å². The highest BCUT2D eigenvalue weighted by molar-refractivity contribution is 7.16. The van der Waals surface area contributed by atoms with Crippen LogP contribution in [-0.2, 0) is 13.0 Å². The molecule has 2 N–H and O–H groups in total. The van der Waals surface area contributed by atoms with Crippen molar-refractivity contribution in [1.82, 2.24) is 19.9 Å². The number of fused-ring (bicyclic) bond motifs is 1. The molecule has 1 saturated carbocycles. The summed E-state index contributed by atoms with van der Waals surface area (Å²) in [6.07, 6.45) is 4.23. The largest absolute Gasteiger partial charge is 0.364 e. The molecule has 0 amide bonds. The maximum atomic E-state index is 11.9. The van der Waals surface area contributed by atoms with Gasteiger partial charge >= 0.3 is 0 Å². The van der Waals surface area contributed by atoms with Crippen LogP contribution in [0, 0.1) is 0 Å². The number of aromatic nitrogens is 4. The molecule has 0 radical (unpaired) electrons. The molecule has 0 bridgehead atoms. The summed E-state index contributed by atoms with van der Waals surface area (Å²) in [4.78, 5) is 29.5. The topological polar surface area (TPSA) is 83.6 Å². The van der Waals surface area contributed by atoms with Crippen LogP contribution in [0.1, 0.15) is 49.4 Å². The molecule has 124 valence electrons. The lowest BCUT2D eigenvalue weighted by Crippen LogP contribution is -2.20. The third kappa shape index (κ3) is 2.91. The average molecular weight is 341 g/mol. The van der Waals surface area contributed by atoms with Gasteiger partial charge < -0.3 is 10.3 Å². The standard InChI is InChI=1S/C17H19N5OS/c1-2-13-20-16(12-6-7-24-17(12)21-13)18-9-11-8-14(23)22-15(19-11)10-4-3-5-10/h6-8,10H,2-5,9H2,1H3,(H,18,20,21)(H,19,22,23). The summed E-state index contributed by atoms with van der Waals surface area (Å²) in [5, 5.41) is 6.37. The Morgan fingerprint density at radius 1 is 1.33 bits per heavy atom. The molecular weight excluding hydrogens is 322 g/mol. The second kappa shape index (κ2) is 6.32. The number of rotatable bonds is 5. The van der Waals surface area contributed by atoms with Gasteiger partial charge in [0.15, 0.2) is 0 Å². The van der Waals surface area contributed by atoms with E-state index in [4.69, 9.17) is 0 Å². The Balaban J connectivity index is 1.60. The van der Waals surface area contributed by atoms with E-state index in [9.17, 15) is 4.79 Å². The second-order valence-electron chi connectivity index (χ2n) is 6.08. The number of nitrogens with one attached hydrogen (secondary N) is 2. The minimum absolute atomic E-state index is 0.0821. The van der Waals surface area contributed by atoms with Crippen LogP contribution in [0.3, 0.4) is 0 Å². The summed E-state index contributed by atoms with van der Waals surface area (Å²) < 4.78 is 0. The van der Waals surface area contributed by atoms with Crippen molar-refractivity contribution in [3.05, 3.63) is 45.2 Å². The van der Waals surface area contributed by atoms with Crippen LogP contribution >= 0.6 is 11.3 Å². The summed E-state index contributed by atoms with van der Waals surface area (Å²) >= 11 is 1.61. The lowest BCUT2D eigenvalue weighted by Gasteiger charge is -2.24. The van der Waals surface area contributed by atoms with E-state index in [1.165, 1.54) is 6.42 Å². The maximum Gasteiger partial charge on any atom is 0.251 e. The number of H-pyrrole nitrogens is 1. The number of anilines is 1. The number of aromatic amines is 1. The zero-order valence-corrected chi connectivity index (χ0v) is 14.3. The van der Waals surface area contributed by atoms with Crippen LogP contribution in [-0.4, -0.2) is 19.9 Å². The van der Waals surface area contributed by atoms with E-state index in [2.05, 4.69) is 25.3 Å². The van der Waals surface area contributed by atoms with Crippen molar-refractivity contribution in [2.45, 2.75) is 45.1 Å². The summed E-state index contributed by atoms with van der Waals surface area (Å²) in [5.74, 6) is 2.86. The minimum Gasteiger partial charge on any atom is -0.364 e. The Hall–Kier alpha value is -2.28. The Kier molecular flexibility index (Phi) is 4.02. The fourth-order valence-electron chi connectivity index (χ4n) is 2.86. The van der Waals surface area contributed by atoms with Gasteiger partial charge in [0.25, 0.3) is 5.56 Å². The van der Waals surface area contributed by atoms with E-state index in [1.54, 1.807) is 17.4 Å². The predicted molar refractivity (Wildman–Crippen MR) is 95.6 cm³/mol. The van der Waals surface area contributed by atoms with Crippen LogP contribution in [0.15, 0.2) is 22.3 Å². The van der Waals surface area contributed by atoms with Crippen LogP contribution in [0.2, 0.25) is 0 Å². The fourth-order valence-corrected chi connectivity index (χ4v) is 3.64. The van der Waals surface area contributed by atoms with Gasteiger partial charge in [-0.05, 0) is 24.3 Å². The Labute approximate surface area is 143 Å². The van der Waals surface area contributed by atoms with E-state index < -0.39 is 0 Å². The minimum atomic E-state index is -0.0821. The molecule has 7 heteroatoms. The molecule has 3 aromatic rings. The molecule has 1 aliphatic carbocycles. The number of hydrogen-bond donors (Lipinski definition) is 2. The van der Waals surface area contributed by atoms with Crippen molar-refractivity contribution < 1.29 is 0 Å². The van der Waals surface area contributed by atoms with Crippen molar-refractivity contribution in [2.75, 3.05) is 5.32 Å². The van der Waals surface area contributed by atoms with E-state index in [0.717, 1.165) is 52.6 Å². The normalized spacial score (nSPS) is 14.7. The molecule has 1 fully saturated rings. The van der Waals surface area contributed by atoms with E-state index >= 15 is 0 Å². The number of aryl methyl sites for hydroxylation is 1.